The zero-order valence-corrected chi connectivity index (χ0v) is 18.1. The van der Waals surface area contributed by atoms with Gasteiger partial charge in [-0.3, -0.25) is 4.79 Å². The summed E-state index contributed by atoms with van der Waals surface area (Å²) in [5.74, 6) is -0.108. The molecule has 1 aliphatic carbocycles. The van der Waals surface area contributed by atoms with Crippen LogP contribution in [0, 0.1) is 5.41 Å². The summed E-state index contributed by atoms with van der Waals surface area (Å²) in [5, 5.41) is 0.219. The molecule has 0 N–H and O–H groups in total. The van der Waals surface area contributed by atoms with Gasteiger partial charge in [0.25, 0.3) is 0 Å². The Morgan fingerprint density at radius 3 is 2.50 bits per heavy atom. The van der Waals surface area contributed by atoms with Crippen molar-refractivity contribution in [2.24, 2.45) is 5.41 Å². The first kappa shape index (κ1) is 21.4. The van der Waals surface area contributed by atoms with Crippen molar-refractivity contribution in [3.63, 3.8) is 0 Å². The van der Waals surface area contributed by atoms with Gasteiger partial charge >= 0.3 is 5.97 Å². The van der Waals surface area contributed by atoms with Gasteiger partial charge in [0.1, 0.15) is 0 Å². The van der Waals surface area contributed by atoms with Crippen molar-refractivity contribution in [2.45, 2.75) is 97.4 Å². The number of hydrogen-bond donors (Lipinski definition) is 0. The van der Waals surface area contributed by atoms with Crippen LogP contribution in [0.1, 0.15) is 73.1 Å². The molecular weight excluding hydrogens is 316 g/mol. The third-order valence-electron chi connectivity index (χ3n) is 5.96. The van der Waals surface area contributed by atoms with E-state index in [2.05, 4.69) is 53.8 Å². The van der Waals surface area contributed by atoms with Crippen LogP contribution in [0.25, 0.3) is 0 Å². The normalized spacial score (nSPS) is 25.3. The Hall–Kier alpha value is -0.613. The van der Waals surface area contributed by atoms with Crippen LogP contribution in [-0.2, 0) is 14.0 Å². The Kier molecular flexibility index (Phi) is 7.30. The van der Waals surface area contributed by atoms with Gasteiger partial charge in [0.15, 0.2) is 8.32 Å². The summed E-state index contributed by atoms with van der Waals surface area (Å²) in [6, 6.07) is 0. The minimum absolute atomic E-state index is 0.0739. The van der Waals surface area contributed by atoms with Crippen molar-refractivity contribution >= 4 is 14.3 Å². The molecule has 0 aliphatic heterocycles. The fourth-order valence-corrected chi connectivity index (χ4v) is 4.42. The number of methoxy groups -OCH3 is 1. The van der Waals surface area contributed by atoms with E-state index in [9.17, 15) is 4.79 Å². The smallest absolute Gasteiger partial charge is 0.306 e. The average Bonchev–Trinajstić information content (AvgIpc) is 2.46. The van der Waals surface area contributed by atoms with Crippen molar-refractivity contribution in [3.05, 3.63) is 11.6 Å². The molecule has 140 valence electrons. The molecule has 24 heavy (non-hydrogen) atoms. The molecule has 0 radical (unpaired) electrons. The standard InChI is InChI=1S/C20H38O3Si/c1-9-10-11-16-14-17(23-24(7,8)19(2,3)4)12-13-20(16,5)15-18(21)22-6/h14,17H,9-13,15H2,1-8H3/t17-,20+/m0/s1. The lowest BCUT2D eigenvalue weighted by Crippen LogP contribution is -2.45. The molecule has 1 rings (SSSR count). The van der Waals surface area contributed by atoms with Crippen molar-refractivity contribution in [2.75, 3.05) is 7.11 Å². The SMILES string of the molecule is CCCCC1=C[C@@H](O[Si](C)(C)C(C)(C)C)CC[C@]1(C)CC(=O)OC. The third-order valence-corrected chi connectivity index (χ3v) is 10.5. The molecule has 0 unspecified atom stereocenters. The number of ether oxygens (including phenoxy) is 1. The highest BCUT2D eigenvalue weighted by molar-refractivity contribution is 6.74. The molecule has 0 bridgehead atoms. The fourth-order valence-electron chi connectivity index (χ4n) is 3.12. The zero-order chi connectivity index (χ0) is 18.6. The first-order chi connectivity index (χ1) is 10.9. The molecular formula is C20H38O3Si. The van der Waals surface area contributed by atoms with Crippen LogP contribution in [0.2, 0.25) is 18.1 Å². The number of esters is 1. The summed E-state index contributed by atoms with van der Waals surface area (Å²) in [7, 11) is -0.295. The summed E-state index contributed by atoms with van der Waals surface area (Å²) >= 11 is 0. The van der Waals surface area contributed by atoms with E-state index in [-0.39, 0.29) is 22.5 Å². The molecule has 0 aromatic heterocycles. The largest absolute Gasteiger partial charge is 0.469 e. The van der Waals surface area contributed by atoms with Crippen LogP contribution in [0.5, 0.6) is 0 Å². The second kappa shape index (κ2) is 8.18. The van der Waals surface area contributed by atoms with E-state index in [1.165, 1.54) is 19.1 Å². The first-order valence-corrected chi connectivity index (χ1v) is 12.3. The Balaban J connectivity index is 2.98. The predicted molar refractivity (Wildman–Crippen MR) is 104 cm³/mol. The quantitative estimate of drug-likeness (QED) is 0.326. The fraction of sp³-hybridized carbons (Fsp3) is 0.850. The molecule has 0 spiro atoms. The van der Waals surface area contributed by atoms with E-state index in [0.717, 1.165) is 25.7 Å². The molecule has 0 heterocycles. The lowest BCUT2D eigenvalue weighted by molar-refractivity contribution is -0.142. The van der Waals surface area contributed by atoms with Gasteiger partial charge in [-0.15, -0.1) is 0 Å². The Morgan fingerprint density at radius 2 is 2.00 bits per heavy atom. The van der Waals surface area contributed by atoms with E-state index in [1.807, 2.05) is 0 Å². The number of rotatable bonds is 7. The summed E-state index contributed by atoms with van der Waals surface area (Å²) in [6.07, 6.45) is 8.39. The van der Waals surface area contributed by atoms with Crippen LogP contribution in [0.15, 0.2) is 11.6 Å². The number of hydrogen-bond acceptors (Lipinski definition) is 3. The number of unbranched alkanes of at least 4 members (excludes halogenated alkanes) is 1. The molecule has 4 heteroatoms. The number of allylic oxidation sites excluding steroid dienone is 1. The van der Waals surface area contributed by atoms with Crippen molar-refractivity contribution < 1.29 is 14.0 Å². The second-order valence-corrected chi connectivity index (χ2v) is 13.8. The van der Waals surface area contributed by atoms with Crippen LogP contribution in [-0.4, -0.2) is 27.5 Å². The van der Waals surface area contributed by atoms with Gasteiger partial charge in [-0.2, -0.15) is 0 Å². The van der Waals surface area contributed by atoms with Gasteiger partial charge in [-0.25, -0.2) is 0 Å². The van der Waals surface area contributed by atoms with E-state index in [1.54, 1.807) is 0 Å². The average molecular weight is 355 g/mol. The monoisotopic (exact) mass is 354 g/mol. The highest BCUT2D eigenvalue weighted by Crippen LogP contribution is 2.45. The van der Waals surface area contributed by atoms with Gasteiger partial charge < -0.3 is 9.16 Å². The zero-order valence-electron chi connectivity index (χ0n) is 17.1. The minimum atomic E-state index is -1.77. The van der Waals surface area contributed by atoms with Crippen molar-refractivity contribution in [1.29, 1.82) is 0 Å². The molecule has 0 aromatic rings. The predicted octanol–water partition coefficient (Wildman–Crippen LogP) is 5.86. The summed E-state index contributed by atoms with van der Waals surface area (Å²) < 4.78 is 11.6. The Morgan fingerprint density at radius 1 is 1.38 bits per heavy atom. The van der Waals surface area contributed by atoms with Gasteiger partial charge in [0, 0.05) is 0 Å². The minimum Gasteiger partial charge on any atom is -0.469 e. The van der Waals surface area contributed by atoms with Crippen LogP contribution < -0.4 is 0 Å². The topological polar surface area (TPSA) is 35.5 Å². The number of carbonyl (C=O) groups is 1. The third kappa shape index (κ3) is 5.45. The van der Waals surface area contributed by atoms with Crippen LogP contribution >= 0.6 is 0 Å². The molecule has 1 aliphatic rings. The van der Waals surface area contributed by atoms with E-state index in [4.69, 9.17) is 9.16 Å². The molecule has 0 fully saturated rings. The van der Waals surface area contributed by atoms with Crippen LogP contribution in [0.4, 0.5) is 0 Å². The summed E-state index contributed by atoms with van der Waals surface area (Å²) in [5.41, 5.74) is 1.32. The molecule has 0 saturated carbocycles. The maximum absolute atomic E-state index is 11.9. The van der Waals surface area contributed by atoms with Crippen molar-refractivity contribution in [3.8, 4) is 0 Å². The van der Waals surface area contributed by atoms with E-state index >= 15 is 0 Å². The molecule has 3 nitrogen and oxygen atoms in total. The molecule has 0 aromatic carbocycles. The highest BCUT2D eigenvalue weighted by Gasteiger charge is 2.41. The number of carbonyl (C=O) groups excluding carboxylic acids is 1. The lowest BCUT2D eigenvalue weighted by Gasteiger charge is -2.43. The van der Waals surface area contributed by atoms with Crippen molar-refractivity contribution in [1.82, 2.24) is 0 Å². The van der Waals surface area contributed by atoms with Gasteiger partial charge in [-0.05, 0) is 49.2 Å². The lowest BCUT2D eigenvalue weighted by atomic mass is 9.69. The molecule has 0 amide bonds. The Bertz CT molecular complexity index is 462. The Labute approximate surface area is 150 Å². The maximum atomic E-state index is 11.9. The van der Waals surface area contributed by atoms with Gasteiger partial charge in [-0.1, -0.05) is 52.7 Å². The van der Waals surface area contributed by atoms with Gasteiger partial charge in [0.2, 0.25) is 0 Å². The van der Waals surface area contributed by atoms with Gasteiger partial charge in [0.05, 0.1) is 19.6 Å². The van der Waals surface area contributed by atoms with E-state index < -0.39 is 8.32 Å². The van der Waals surface area contributed by atoms with E-state index in [0.29, 0.717) is 6.42 Å². The highest BCUT2D eigenvalue weighted by atomic mass is 28.4. The maximum Gasteiger partial charge on any atom is 0.306 e. The second-order valence-electron chi connectivity index (χ2n) is 9.06. The van der Waals surface area contributed by atoms with Crippen LogP contribution in [0.3, 0.4) is 0 Å². The summed E-state index contributed by atoms with van der Waals surface area (Å²) in [4.78, 5) is 11.9. The summed E-state index contributed by atoms with van der Waals surface area (Å²) in [6.45, 7) is 15.9. The first-order valence-electron chi connectivity index (χ1n) is 9.41. The molecule has 2 atom stereocenters. The molecule has 0 saturated heterocycles.